The Kier molecular flexibility index (Phi) is 6.46. The number of anilines is 1. The Morgan fingerprint density at radius 1 is 1.16 bits per heavy atom. The third-order valence-corrected chi connectivity index (χ3v) is 5.99. The predicted molar refractivity (Wildman–Crippen MR) is 107 cm³/mol. The van der Waals surface area contributed by atoms with Gasteiger partial charge >= 0.3 is 12.1 Å². The molecule has 2 aromatic rings. The lowest BCUT2D eigenvalue weighted by Gasteiger charge is -2.13. The topological polar surface area (TPSA) is 119 Å². The fourth-order valence-corrected chi connectivity index (χ4v) is 4.11. The zero-order valence-corrected chi connectivity index (χ0v) is 17.9. The lowest BCUT2D eigenvalue weighted by atomic mass is 10.2. The first kappa shape index (κ1) is 23.5. The van der Waals surface area contributed by atoms with E-state index < -0.39 is 51.0 Å². The monoisotopic (exact) mass is 492 g/mol. The summed E-state index contributed by atoms with van der Waals surface area (Å²) in [5.74, 6) is -2.79. The van der Waals surface area contributed by atoms with Gasteiger partial charge < -0.3 is 14.8 Å². The normalized spacial score (nSPS) is 14.7. The molecular weight excluding hydrogens is 477 g/mol. The summed E-state index contributed by atoms with van der Waals surface area (Å²) in [7, 11) is -3.44. The van der Waals surface area contributed by atoms with Crippen molar-refractivity contribution < 1.29 is 45.4 Å². The number of hydrogen-bond acceptors (Lipinski definition) is 8. The number of ether oxygens (including phenoxy) is 2. The van der Waals surface area contributed by atoms with Gasteiger partial charge in [0.05, 0.1) is 16.9 Å². The maximum Gasteiger partial charge on any atom is 0.471 e. The molecule has 0 saturated carbocycles. The molecule has 4 rings (SSSR count). The van der Waals surface area contributed by atoms with E-state index in [9.17, 15) is 36.0 Å². The van der Waals surface area contributed by atoms with Crippen molar-refractivity contribution >= 4 is 43.9 Å². The van der Waals surface area contributed by atoms with Crippen LogP contribution in [0.15, 0.2) is 29.6 Å². The van der Waals surface area contributed by atoms with Gasteiger partial charge in [-0.2, -0.15) is 13.2 Å². The summed E-state index contributed by atoms with van der Waals surface area (Å²) < 4.78 is 69.1. The van der Waals surface area contributed by atoms with E-state index in [0.29, 0.717) is 23.0 Å². The first-order valence-corrected chi connectivity index (χ1v) is 11.7. The van der Waals surface area contributed by atoms with Crippen molar-refractivity contribution in [1.82, 2.24) is 4.90 Å². The van der Waals surface area contributed by atoms with Gasteiger partial charge in [0.15, 0.2) is 11.5 Å². The summed E-state index contributed by atoms with van der Waals surface area (Å²) in [6, 6.07) is 7.63. The van der Waals surface area contributed by atoms with Gasteiger partial charge in [-0.05, 0) is 12.1 Å². The van der Waals surface area contributed by atoms with Crippen molar-refractivity contribution in [2.24, 2.45) is 0 Å². The minimum Gasteiger partial charge on any atom is -0.454 e. The number of carbonyl (C=O) groups is 3. The van der Waals surface area contributed by atoms with Crippen molar-refractivity contribution in [3.8, 4) is 11.5 Å². The summed E-state index contributed by atoms with van der Waals surface area (Å²) >= 11 is 0.611. The lowest BCUT2D eigenvalue weighted by Crippen LogP contribution is -2.34. The van der Waals surface area contributed by atoms with Gasteiger partial charge in [-0.1, -0.05) is 12.1 Å². The number of amides is 3. The Labute approximate surface area is 183 Å². The van der Waals surface area contributed by atoms with Gasteiger partial charge in [-0.3, -0.25) is 19.3 Å². The average molecular weight is 492 g/mol. The maximum absolute atomic E-state index is 12.3. The highest BCUT2D eigenvalue weighted by molar-refractivity contribution is 7.90. The molecule has 0 saturated heterocycles. The Morgan fingerprint density at radius 3 is 2.28 bits per heavy atom. The average Bonchev–Trinajstić information content (AvgIpc) is 3.38. The van der Waals surface area contributed by atoms with E-state index in [2.05, 4.69) is 0 Å². The van der Waals surface area contributed by atoms with Gasteiger partial charge in [-0.25, -0.2) is 8.42 Å². The smallest absolute Gasteiger partial charge is 0.454 e. The van der Waals surface area contributed by atoms with E-state index in [-0.39, 0.29) is 11.1 Å². The second kappa shape index (κ2) is 8.78. The largest absolute Gasteiger partial charge is 0.471 e. The van der Waals surface area contributed by atoms with Crippen LogP contribution >= 0.6 is 11.3 Å². The first-order chi connectivity index (χ1) is 14.9. The molecule has 3 amide bonds. The van der Waals surface area contributed by atoms with Crippen LogP contribution in [0, 0.1) is 0 Å². The highest BCUT2D eigenvalue weighted by Crippen LogP contribution is 2.36. The summed E-state index contributed by atoms with van der Waals surface area (Å²) in [5, 5.41) is 2.28. The molecule has 1 aromatic heterocycles. The number of imide groups is 1. The predicted octanol–water partition coefficient (Wildman–Crippen LogP) is 2.30. The number of nitrogens with zero attached hydrogens (tertiary/aromatic N) is 1. The van der Waals surface area contributed by atoms with Crippen LogP contribution in [0.2, 0.25) is 0 Å². The molecule has 0 spiro atoms. The molecule has 2 aliphatic rings. The van der Waals surface area contributed by atoms with Gasteiger partial charge in [0.25, 0.3) is 11.8 Å². The Bertz CT molecular complexity index is 1150. The molecule has 0 atom stereocenters. The molecule has 9 nitrogen and oxygen atoms in total. The molecule has 3 heterocycles. The number of benzene rings is 1. The zero-order valence-electron chi connectivity index (χ0n) is 16.3. The van der Waals surface area contributed by atoms with E-state index in [1.807, 2.05) is 24.3 Å². The van der Waals surface area contributed by atoms with Crippen LogP contribution in [0.1, 0.15) is 20.7 Å². The van der Waals surface area contributed by atoms with Gasteiger partial charge in [-0.15, -0.1) is 11.3 Å². The van der Waals surface area contributed by atoms with Crippen molar-refractivity contribution in [1.29, 1.82) is 0 Å². The highest BCUT2D eigenvalue weighted by Gasteiger charge is 2.43. The summed E-state index contributed by atoms with van der Waals surface area (Å²) in [6.07, 6.45) is -4.22. The lowest BCUT2D eigenvalue weighted by molar-refractivity contribution is -0.167. The van der Waals surface area contributed by atoms with Crippen LogP contribution in [0.5, 0.6) is 11.5 Å². The zero-order chi connectivity index (χ0) is 23.7. The van der Waals surface area contributed by atoms with Crippen molar-refractivity contribution in [2.75, 3.05) is 30.7 Å². The van der Waals surface area contributed by atoms with Gasteiger partial charge in [0.2, 0.25) is 6.79 Å². The number of nitrogens with one attached hydrogen (secondary N) is 1. The molecule has 14 heteroatoms. The Balaban J connectivity index is 0.000000264. The van der Waals surface area contributed by atoms with Crippen LogP contribution in [-0.4, -0.2) is 62.6 Å². The van der Waals surface area contributed by atoms with Crippen LogP contribution < -0.4 is 14.8 Å². The molecule has 1 N–H and O–H groups in total. The first-order valence-electron chi connectivity index (χ1n) is 8.76. The molecule has 172 valence electrons. The van der Waals surface area contributed by atoms with Gasteiger partial charge in [0.1, 0.15) is 14.8 Å². The molecule has 0 radical (unpaired) electrons. The number of halogens is 3. The van der Waals surface area contributed by atoms with Crippen molar-refractivity contribution in [3.05, 3.63) is 40.8 Å². The Morgan fingerprint density at radius 2 is 1.75 bits per heavy atom. The molecule has 0 aliphatic carbocycles. The van der Waals surface area contributed by atoms with E-state index in [4.69, 9.17) is 9.47 Å². The summed E-state index contributed by atoms with van der Waals surface area (Å²) in [5.41, 5.74) is -0.517. The summed E-state index contributed by atoms with van der Waals surface area (Å²) in [4.78, 5) is 35.7. The van der Waals surface area contributed by atoms with E-state index in [1.54, 1.807) is 5.32 Å². The molecule has 1 aromatic carbocycles. The summed E-state index contributed by atoms with van der Waals surface area (Å²) in [6.45, 7) is -0.0537. The number of fused-ring (bicyclic) bond motifs is 2. The number of thiophene rings is 1. The van der Waals surface area contributed by atoms with E-state index in [0.717, 1.165) is 23.1 Å². The van der Waals surface area contributed by atoms with E-state index >= 15 is 0 Å². The standard InChI is InChI=1S/C11H9F3N2O5S2.C7H6O2/c1-23(20,21)3-2-16-8(17)5-4-22-7(6(5)9(16)18)15-10(19)11(12,13)14;1-2-4-7-6(3-1)8-5-9-7/h4H,2-3H2,1H3,(H,15,19);1-4H,5H2. The molecular formula is C18H15F3N2O7S2. The van der Waals surface area contributed by atoms with Crippen LogP contribution in [0.25, 0.3) is 0 Å². The van der Waals surface area contributed by atoms with Crippen LogP contribution in [0.3, 0.4) is 0 Å². The van der Waals surface area contributed by atoms with Crippen LogP contribution in [-0.2, 0) is 14.6 Å². The van der Waals surface area contributed by atoms with Crippen molar-refractivity contribution in [3.63, 3.8) is 0 Å². The second-order valence-electron chi connectivity index (χ2n) is 6.55. The number of hydrogen-bond donors (Lipinski definition) is 1. The molecule has 32 heavy (non-hydrogen) atoms. The minimum absolute atomic E-state index is 0.161. The maximum atomic E-state index is 12.3. The quantitative estimate of drug-likeness (QED) is 0.651. The van der Waals surface area contributed by atoms with Crippen molar-refractivity contribution in [2.45, 2.75) is 6.18 Å². The Hall–Kier alpha value is -3.13. The minimum atomic E-state index is -5.14. The number of sulfone groups is 1. The second-order valence-corrected chi connectivity index (χ2v) is 9.69. The third kappa shape index (κ3) is 5.19. The number of carbonyl (C=O) groups excluding carboxylic acids is 3. The molecule has 0 bridgehead atoms. The number of para-hydroxylation sites is 2. The fraction of sp³-hybridized carbons (Fsp3) is 0.278. The molecule has 2 aliphatic heterocycles. The molecule has 0 fully saturated rings. The SMILES string of the molecule is CS(=O)(=O)CCN1C(=O)c2csc(NC(=O)C(F)(F)F)c2C1=O.c1ccc2c(c1)OCO2. The van der Waals surface area contributed by atoms with Crippen LogP contribution in [0.4, 0.5) is 18.2 Å². The number of alkyl halides is 3. The fourth-order valence-electron chi connectivity index (χ4n) is 2.67. The van der Waals surface area contributed by atoms with E-state index in [1.165, 1.54) is 0 Å². The third-order valence-electron chi connectivity index (χ3n) is 4.17. The molecule has 0 unspecified atom stereocenters. The van der Waals surface area contributed by atoms with Gasteiger partial charge in [0, 0.05) is 18.2 Å². The number of rotatable bonds is 4. The highest BCUT2D eigenvalue weighted by atomic mass is 32.2.